The first kappa shape index (κ1) is 16.7. The van der Waals surface area contributed by atoms with E-state index in [-0.39, 0.29) is 23.9 Å². The number of rotatable bonds is 4. The number of ether oxygens (including phenoxy) is 1. The third kappa shape index (κ3) is 5.23. The molecule has 4 nitrogen and oxygen atoms in total. The van der Waals surface area contributed by atoms with Gasteiger partial charge in [-0.1, -0.05) is 0 Å². The Balaban J connectivity index is 0.00000256. The zero-order valence-electron chi connectivity index (χ0n) is 11.3. The fourth-order valence-electron chi connectivity index (χ4n) is 2.09. The van der Waals surface area contributed by atoms with Crippen LogP contribution in [0.5, 0.6) is 0 Å². The Kier molecular flexibility index (Phi) is 7.05. The van der Waals surface area contributed by atoms with Crippen molar-refractivity contribution in [2.75, 3.05) is 26.7 Å². The number of carbonyl (C=O) groups is 1. The Hall–Kier alpha value is -0.320. The molecule has 1 N–H and O–H groups in total. The molecule has 1 aliphatic heterocycles. The Morgan fingerprint density at radius 3 is 2.35 bits per heavy atom. The first-order valence-corrected chi connectivity index (χ1v) is 5.99. The van der Waals surface area contributed by atoms with Gasteiger partial charge in [-0.15, -0.1) is 12.4 Å². The number of halogens is 1. The van der Waals surface area contributed by atoms with Crippen molar-refractivity contribution in [1.82, 2.24) is 10.2 Å². The lowest BCUT2D eigenvalue weighted by Crippen LogP contribution is -2.51. The molecule has 17 heavy (non-hydrogen) atoms. The van der Waals surface area contributed by atoms with Gasteiger partial charge in [-0.25, -0.2) is 0 Å². The second-order valence-corrected chi connectivity index (χ2v) is 5.09. The number of hydrogen-bond donors (Lipinski definition) is 1. The van der Waals surface area contributed by atoms with Crippen LogP contribution in [0.1, 0.15) is 33.6 Å². The highest BCUT2D eigenvalue weighted by molar-refractivity contribution is 5.85. The monoisotopic (exact) mass is 264 g/mol. The van der Waals surface area contributed by atoms with Crippen LogP contribution in [0.4, 0.5) is 0 Å². The lowest BCUT2D eigenvalue weighted by atomic mass is 10.0. The molecule has 0 aromatic rings. The van der Waals surface area contributed by atoms with E-state index in [1.54, 1.807) is 14.0 Å². The normalized spacial score (nSPS) is 17.4. The molecule has 1 aliphatic rings. The van der Waals surface area contributed by atoms with Gasteiger partial charge in [-0.05, 0) is 39.8 Å². The highest BCUT2D eigenvalue weighted by Gasteiger charge is 2.28. The molecule has 5 heteroatoms. The number of piperidine rings is 1. The predicted molar refractivity (Wildman–Crippen MR) is 71.6 cm³/mol. The maximum Gasteiger partial charge on any atom is 0.219 e. The van der Waals surface area contributed by atoms with Gasteiger partial charge in [-0.2, -0.15) is 0 Å². The van der Waals surface area contributed by atoms with Crippen molar-refractivity contribution in [1.29, 1.82) is 0 Å². The standard InChI is InChI=1S/C12H24N2O2.ClH/c1-10(15)14(9-12(2,3)16-4)11-5-7-13-8-6-11;/h11,13H,5-9H2,1-4H3;1H. The molecule has 1 fully saturated rings. The maximum absolute atomic E-state index is 11.7. The molecular formula is C12H25ClN2O2. The van der Waals surface area contributed by atoms with Crippen LogP contribution in [-0.4, -0.2) is 49.2 Å². The first-order valence-electron chi connectivity index (χ1n) is 5.99. The van der Waals surface area contributed by atoms with E-state index >= 15 is 0 Å². The minimum Gasteiger partial charge on any atom is -0.377 e. The Morgan fingerprint density at radius 1 is 1.41 bits per heavy atom. The van der Waals surface area contributed by atoms with Gasteiger partial charge in [-0.3, -0.25) is 4.79 Å². The Morgan fingerprint density at radius 2 is 1.94 bits per heavy atom. The fourth-order valence-corrected chi connectivity index (χ4v) is 2.09. The topological polar surface area (TPSA) is 41.6 Å². The molecule has 0 aromatic carbocycles. The summed E-state index contributed by atoms with van der Waals surface area (Å²) in [6.07, 6.45) is 2.08. The van der Waals surface area contributed by atoms with Crippen molar-refractivity contribution in [3.05, 3.63) is 0 Å². The molecule has 1 heterocycles. The molecule has 102 valence electrons. The summed E-state index contributed by atoms with van der Waals surface area (Å²) in [5.41, 5.74) is -0.267. The summed E-state index contributed by atoms with van der Waals surface area (Å²) >= 11 is 0. The predicted octanol–water partition coefficient (Wildman–Crippen LogP) is 1.43. The van der Waals surface area contributed by atoms with E-state index in [9.17, 15) is 4.79 Å². The van der Waals surface area contributed by atoms with Crippen molar-refractivity contribution >= 4 is 18.3 Å². The van der Waals surface area contributed by atoms with Gasteiger partial charge in [0.05, 0.1) is 5.60 Å². The molecule has 0 unspecified atom stereocenters. The van der Waals surface area contributed by atoms with Crippen LogP contribution in [0.25, 0.3) is 0 Å². The summed E-state index contributed by atoms with van der Waals surface area (Å²) in [7, 11) is 1.70. The number of nitrogens with one attached hydrogen (secondary N) is 1. The van der Waals surface area contributed by atoms with Gasteiger partial charge in [0.2, 0.25) is 5.91 Å². The molecule has 0 spiro atoms. The SMILES string of the molecule is COC(C)(C)CN(C(C)=O)C1CCNCC1.Cl. The van der Waals surface area contributed by atoms with Crippen LogP contribution in [0, 0.1) is 0 Å². The van der Waals surface area contributed by atoms with Gasteiger partial charge in [0.15, 0.2) is 0 Å². The quantitative estimate of drug-likeness (QED) is 0.835. The number of nitrogens with zero attached hydrogens (tertiary/aromatic N) is 1. The Labute approximate surface area is 110 Å². The lowest BCUT2D eigenvalue weighted by Gasteiger charge is -2.38. The van der Waals surface area contributed by atoms with E-state index < -0.39 is 0 Å². The van der Waals surface area contributed by atoms with Crippen LogP contribution in [0.2, 0.25) is 0 Å². The molecule has 0 aliphatic carbocycles. The van der Waals surface area contributed by atoms with E-state index in [0.29, 0.717) is 12.6 Å². The average molecular weight is 265 g/mol. The van der Waals surface area contributed by atoms with E-state index in [1.807, 2.05) is 18.7 Å². The summed E-state index contributed by atoms with van der Waals surface area (Å²) in [6, 6.07) is 0.369. The molecule has 0 radical (unpaired) electrons. The van der Waals surface area contributed by atoms with Crippen molar-refractivity contribution in [2.45, 2.75) is 45.3 Å². The molecule has 1 rings (SSSR count). The zero-order chi connectivity index (χ0) is 12.2. The van der Waals surface area contributed by atoms with E-state index in [4.69, 9.17) is 4.74 Å². The lowest BCUT2D eigenvalue weighted by molar-refractivity contribution is -0.136. The van der Waals surface area contributed by atoms with Gasteiger partial charge < -0.3 is 15.0 Å². The summed E-state index contributed by atoms with van der Waals surface area (Å²) in [5.74, 6) is 0.150. The second-order valence-electron chi connectivity index (χ2n) is 5.09. The minimum atomic E-state index is -0.267. The highest BCUT2D eigenvalue weighted by atomic mass is 35.5. The maximum atomic E-state index is 11.7. The number of amides is 1. The van der Waals surface area contributed by atoms with Crippen LogP contribution >= 0.6 is 12.4 Å². The molecular weight excluding hydrogens is 240 g/mol. The summed E-state index contributed by atoms with van der Waals surface area (Å²) in [6.45, 7) is 8.36. The second kappa shape index (κ2) is 7.19. The van der Waals surface area contributed by atoms with Gasteiger partial charge in [0.1, 0.15) is 0 Å². The van der Waals surface area contributed by atoms with E-state index in [0.717, 1.165) is 25.9 Å². The summed E-state index contributed by atoms with van der Waals surface area (Å²) < 4.78 is 5.40. The average Bonchev–Trinajstić information content (AvgIpc) is 2.27. The molecule has 0 atom stereocenters. The largest absolute Gasteiger partial charge is 0.377 e. The van der Waals surface area contributed by atoms with Crippen molar-refractivity contribution in [3.63, 3.8) is 0 Å². The van der Waals surface area contributed by atoms with Gasteiger partial charge >= 0.3 is 0 Å². The molecule has 0 bridgehead atoms. The molecule has 1 saturated heterocycles. The molecule has 0 saturated carbocycles. The van der Waals surface area contributed by atoms with Gasteiger partial charge in [0, 0.05) is 26.6 Å². The molecule has 0 aromatic heterocycles. The van der Waals surface area contributed by atoms with Crippen molar-refractivity contribution in [3.8, 4) is 0 Å². The van der Waals surface area contributed by atoms with E-state index in [2.05, 4.69) is 5.32 Å². The van der Waals surface area contributed by atoms with E-state index in [1.165, 1.54) is 0 Å². The Bertz CT molecular complexity index is 241. The highest BCUT2D eigenvalue weighted by Crippen LogP contribution is 2.17. The smallest absolute Gasteiger partial charge is 0.219 e. The number of hydrogen-bond acceptors (Lipinski definition) is 3. The third-order valence-electron chi connectivity index (χ3n) is 3.26. The number of carbonyl (C=O) groups excluding carboxylic acids is 1. The third-order valence-corrected chi connectivity index (χ3v) is 3.26. The fraction of sp³-hybridized carbons (Fsp3) is 0.917. The zero-order valence-corrected chi connectivity index (χ0v) is 12.1. The summed E-state index contributed by atoms with van der Waals surface area (Å²) in [4.78, 5) is 13.6. The minimum absolute atomic E-state index is 0. The van der Waals surface area contributed by atoms with Crippen LogP contribution in [0.15, 0.2) is 0 Å². The van der Waals surface area contributed by atoms with Crippen LogP contribution in [0.3, 0.4) is 0 Å². The van der Waals surface area contributed by atoms with Crippen molar-refractivity contribution in [2.24, 2.45) is 0 Å². The number of methoxy groups -OCH3 is 1. The van der Waals surface area contributed by atoms with Crippen LogP contribution in [-0.2, 0) is 9.53 Å². The van der Waals surface area contributed by atoms with Gasteiger partial charge in [0.25, 0.3) is 0 Å². The van der Waals surface area contributed by atoms with Crippen molar-refractivity contribution < 1.29 is 9.53 Å². The summed E-state index contributed by atoms with van der Waals surface area (Å²) in [5, 5.41) is 3.32. The first-order chi connectivity index (χ1) is 7.46. The molecule has 1 amide bonds. The van der Waals surface area contributed by atoms with Crippen LogP contribution < -0.4 is 5.32 Å².